The molecule has 4 rings (SSSR count). The van der Waals surface area contributed by atoms with Gasteiger partial charge in [0.1, 0.15) is 5.76 Å². The molecule has 0 aromatic heterocycles. The smallest absolute Gasteiger partial charge is 0.300 e. The predicted molar refractivity (Wildman–Crippen MR) is 128 cm³/mol. The minimum absolute atomic E-state index is 0.0751. The van der Waals surface area contributed by atoms with E-state index in [9.17, 15) is 14.7 Å². The van der Waals surface area contributed by atoms with E-state index in [0.29, 0.717) is 22.2 Å². The highest BCUT2D eigenvalue weighted by Gasteiger charge is 2.47. The Hall–Kier alpha value is -3.37. The molecule has 0 spiro atoms. The van der Waals surface area contributed by atoms with Crippen molar-refractivity contribution in [2.45, 2.75) is 32.7 Å². The molecule has 1 fully saturated rings. The molecule has 3 aromatic rings. The number of carbonyl (C=O) groups excluding carboxylic acids is 2. The summed E-state index contributed by atoms with van der Waals surface area (Å²) in [5.74, 6) is -1.23. The second-order valence-corrected chi connectivity index (χ2v) is 8.70. The largest absolute Gasteiger partial charge is 0.507 e. The molecule has 5 heteroatoms. The fourth-order valence-corrected chi connectivity index (χ4v) is 4.13. The molecule has 1 saturated heterocycles. The van der Waals surface area contributed by atoms with Gasteiger partial charge in [-0.2, -0.15) is 0 Å². The Labute approximate surface area is 192 Å². The third-order valence-electron chi connectivity index (χ3n) is 5.83. The second kappa shape index (κ2) is 8.64. The molecule has 1 atom stereocenters. The summed E-state index contributed by atoms with van der Waals surface area (Å²) in [5.41, 5.74) is 3.81. The maximum absolute atomic E-state index is 13.2. The Bertz CT molecular complexity index is 1210. The Balaban J connectivity index is 1.93. The number of hydrogen-bond acceptors (Lipinski definition) is 3. The first-order valence-corrected chi connectivity index (χ1v) is 10.9. The van der Waals surface area contributed by atoms with E-state index in [2.05, 4.69) is 13.8 Å². The van der Waals surface area contributed by atoms with Crippen molar-refractivity contribution in [3.63, 3.8) is 0 Å². The van der Waals surface area contributed by atoms with Crippen LogP contribution in [0, 0.1) is 6.92 Å². The summed E-state index contributed by atoms with van der Waals surface area (Å²) < 4.78 is 0. The normalized spacial score (nSPS) is 17.9. The lowest BCUT2D eigenvalue weighted by Gasteiger charge is -2.26. The number of hydrogen-bond donors (Lipinski definition) is 1. The zero-order chi connectivity index (χ0) is 23.0. The van der Waals surface area contributed by atoms with Crippen molar-refractivity contribution < 1.29 is 14.7 Å². The van der Waals surface area contributed by atoms with E-state index in [1.54, 1.807) is 42.5 Å². The summed E-state index contributed by atoms with van der Waals surface area (Å²) in [7, 11) is 0. The summed E-state index contributed by atoms with van der Waals surface area (Å²) in [6.45, 7) is 6.05. The molecule has 32 heavy (non-hydrogen) atoms. The summed E-state index contributed by atoms with van der Waals surface area (Å²) in [4.78, 5) is 27.8. The Morgan fingerprint density at radius 2 is 1.62 bits per heavy atom. The fraction of sp³-hybridized carbons (Fsp3) is 0.185. The summed E-state index contributed by atoms with van der Waals surface area (Å²) in [6, 6.07) is 21.1. The Morgan fingerprint density at radius 1 is 0.969 bits per heavy atom. The van der Waals surface area contributed by atoms with Crippen molar-refractivity contribution in [1.82, 2.24) is 0 Å². The lowest BCUT2D eigenvalue weighted by molar-refractivity contribution is -0.132. The molecule has 0 aliphatic carbocycles. The number of halogens is 1. The number of carbonyl (C=O) groups is 2. The number of rotatable bonds is 4. The maximum Gasteiger partial charge on any atom is 0.300 e. The van der Waals surface area contributed by atoms with Gasteiger partial charge in [0, 0.05) is 16.3 Å². The zero-order valence-electron chi connectivity index (χ0n) is 18.2. The van der Waals surface area contributed by atoms with E-state index in [1.807, 2.05) is 37.3 Å². The molecule has 1 amide bonds. The van der Waals surface area contributed by atoms with Crippen LogP contribution in [0.5, 0.6) is 0 Å². The molecule has 4 nitrogen and oxygen atoms in total. The van der Waals surface area contributed by atoms with E-state index >= 15 is 0 Å². The fourth-order valence-electron chi connectivity index (χ4n) is 4.01. The molecule has 0 unspecified atom stereocenters. The first kappa shape index (κ1) is 21.8. The molecular weight excluding hydrogens is 422 g/mol. The highest BCUT2D eigenvalue weighted by Crippen LogP contribution is 2.43. The van der Waals surface area contributed by atoms with E-state index in [4.69, 9.17) is 11.6 Å². The van der Waals surface area contributed by atoms with Crippen LogP contribution in [-0.4, -0.2) is 16.8 Å². The van der Waals surface area contributed by atoms with Gasteiger partial charge in [0.2, 0.25) is 0 Å². The summed E-state index contributed by atoms with van der Waals surface area (Å²) in [6.07, 6.45) is 0. The number of aryl methyl sites for hydroxylation is 1. The van der Waals surface area contributed by atoms with Gasteiger partial charge >= 0.3 is 0 Å². The number of benzene rings is 3. The van der Waals surface area contributed by atoms with Crippen molar-refractivity contribution in [1.29, 1.82) is 0 Å². The Kier molecular flexibility index (Phi) is 5.90. The standard InChI is InChI=1S/C27H24ClNO3/c1-16(2)18-9-11-19(12-10-18)24-23(25(30)20-7-5-4-6-8-20)26(31)27(32)29(24)21-13-14-22(28)17(3)15-21/h4-16,24,30H,1-3H3/t24-/m0/s1. The van der Waals surface area contributed by atoms with Gasteiger partial charge in [0.05, 0.1) is 11.6 Å². The number of anilines is 1. The van der Waals surface area contributed by atoms with Gasteiger partial charge in [-0.25, -0.2) is 0 Å². The predicted octanol–water partition coefficient (Wildman–Crippen LogP) is 6.40. The van der Waals surface area contributed by atoms with Crippen LogP contribution in [0.2, 0.25) is 5.02 Å². The van der Waals surface area contributed by atoms with Gasteiger partial charge in [-0.3, -0.25) is 14.5 Å². The SMILES string of the molecule is Cc1cc(N2C(=O)C(=O)C(=C(O)c3ccccc3)[C@@H]2c2ccc(C(C)C)cc2)ccc1Cl. The van der Waals surface area contributed by atoms with E-state index in [-0.39, 0.29) is 11.3 Å². The average Bonchev–Trinajstić information content (AvgIpc) is 3.06. The minimum atomic E-state index is -0.753. The van der Waals surface area contributed by atoms with Crippen molar-refractivity contribution in [3.05, 3.63) is 106 Å². The summed E-state index contributed by atoms with van der Waals surface area (Å²) >= 11 is 6.19. The van der Waals surface area contributed by atoms with Crippen LogP contribution in [0.25, 0.3) is 5.76 Å². The zero-order valence-corrected chi connectivity index (χ0v) is 18.9. The third kappa shape index (κ3) is 3.82. The number of Topliss-reactive ketones (excluding diaryl/α,β-unsaturated/α-hetero) is 1. The number of amides is 1. The van der Waals surface area contributed by atoms with Crippen molar-refractivity contribution in [2.24, 2.45) is 0 Å². The maximum atomic E-state index is 13.2. The molecule has 0 radical (unpaired) electrons. The molecule has 0 bridgehead atoms. The first-order chi connectivity index (χ1) is 15.3. The van der Waals surface area contributed by atoms with E-state index < -0.39 is 17.7 Å². The van der Waals surface area contributed by atoms with Gasteiger partial charge in [-0.05, 0) is 47.7 Å². The molecule has 162 valence electrons. The first-order valence-electron chi connectivity index (χ1n) is 10.5. The molecule has 3 aromatic carbocycles. The highest BCUT2D eigenvalue weighted by atomic mass is 35.5. The van der Waals surface area contributed by atoms with E-state index in [1.165, 1.54) is 4.90 Å². The van der Waals surface area contributed by atoms with Crippen LogP contribution in [-0.2, 0) is 9.59 Å². The molecule has 1 heterocycles. The van der Waals surface area contributed by atoms with Crippen molar-refractivity contribution in [3.8, 4) is 0 Å². The number of nitrogens with zero attached hydrogens (tertiary/aromatic N) is 1. The second-order valence-electron chi connectivity index (χ2n) is 8.29. The monoisotopic (exact) mass is 445 g/mol. The summed E-state index contributed by atoms with van der Waals surface area (Å²) in [5, 5.41) is 11.7. The third-order valence-corrected chi connectivity index (χ3v) is 6.25. The van der Waals surface area contributed by atoms with Crippen molar-refractivity contribution >= 4 is 34.7 Å². The number of aliphatic hydroxyl groups excluding tert-OH is 1. The Morgan fingerprint density at radius 3 is 2.22 bits per heavy atom. The minimum Gasteiger partial charge on any atom is -0.507 e. The lowest BCUT2D eigenvalue weighted by atomic mass is 9.93. The molecule has 1 aliphatic heterocycles. The van der Waals surface area contributed by atoms with Gasteiger partial charge in [-0.15, -0.1) is 0 Å². The van der Waals surface area contributed by atoms with Gasteiger partial charge in [0.15, 0.2) is 0 Å². The van der Waals surface area contributed by atoms with Crippen LogP contribution < -0.4 is 4.90 Å². The molecule has 1 N–H and O–H groups in total. The topological polar surface area (TPSA) is 57.6 Å². The molecule has 1 aliphatic rings. The number of ketones is 1. The highest BCUT2D eigenvalue weighted by molar-refractivity contribution is 6.51. The quantitative estimate of drug-likeness (QED) is 0.287. The van der Waals surface area contributed by atoms with Crippen LogP contribution >= 0.6 is 11.6 Å². The lowest BCUT2D eigenvalue weighted by Crippen LogP contribution is -2.29. The average molecular weight is 446 g/mol. The number of aliphatic hydroxyl groups is 1. The van der Waals surface area contributed by atoms with Crippen LogP contribution in [0.15, 0.2) is 78.4 Å². The van der Waals surface area contributed by atoms with Gasteiger partial charge < -0.3 is 5.11 Å². The van der Waals surface area contributed by atoms with Crippen LogP contribution in [0.3, 0.4) is 0 Å². The van der Waals surface area contributed by atoms with E-state index in [0.717, 1.165) is 16.7 Å². The molecule has 0 saturated carbocycles. The van der Waals surface area contributed by atoms with Crippen LogP contribution in [0.1, 0.15) is 48.1 Å². The van der Waals surface area contributed by atoms with Gasteiger partial charge in [-0.1, -0.05) is 80.0 Å². The van der Waals surface area contributed by atoms with Crippen LogP contribution in [0.4, 0.5) is 5.69 Å². The van der Waals surface area contributed by atoms with Crippen molar-refractivity contribution in [2.75, 3.05) is 4.90 Å². The van der Waals surface area contributed by atoms with Gasteiger partial charge in [0.25, 0.3) is 11.7 Å². The molecular formula is C27H24ClNO3.